The Hall–Kier alpha value is -0.880. The van der Waals surface area contributed by atoms with Gasteiger partial charge in [-0.15, -0.1) is 0 Å². The largest absolute Gasteiger partial charge is 0.322 e. The van der Waals surface area contributed by atoms with E-state index in [0.29, 0.717) is 10.7 Å². The highest BCUT2D eigenvalue weighted by molar-refractivity contribution is 7.99. The molecule has 0 saturated carbocycles. The van der Waals surface area contributed by atoms with Crippen molar-refractivity contribution in [1.82, 2.24) is 9.97 Å². The number of nitrogens with zero attached hydrogens (tertiary/aromatic N) is 3. The molecular weight excluding hydrogens is 250 g/mol. The van der Waals surface area contributed by atoms with Gasteiger partial charge < -0.3 is 0 Å². The lowest BCUT2D eigenvalue weighted by atomic mass is 10.4. The molecule has 0 amide bonds. The van der Waals surface area contributed by atoms with Crippen molar-refractivity contribution in [1.29, 1.82) is 0 Å². The summed E-state index contributed by atoms with van der Waals surface area (Å²) in [6, 6.07) is 0. The number of rotatable bonds is 5. The Kier molecular flexibility index (Phi) is 4.95. The Morgan fingerprint density at radius 1 is 1.50 bits per heavy atom. The molecule has 0 unspecified atom stereocenters. The van der Waals surface area contributed by atoms with E-state index < -0.39 is 4.92 Å². The summed E-state index contributed by atoms with van der Waals surface area (Å²) in [6.07, 6.45) is 2.03. The molecule has 1 aromatic rings. The monoisotopic (exact) mass is 261 g/mol. The van der Waals surface area contributed by atoms with Crippen LogP contribution >= 0.6 is 23.4 Å². The molecule has 1 rings (SSSR count). The van der Waals surface area contributed by atoms with Crippen LogP contribution in [0.3, 0.4) is 0 Å². The van der Waals surface area contributed by atoms with Crippen molar-refractivity contribution >= 4 is 29.1 Å². The summed E-state index contributed by atoms with van der Waals surface area (Å²) >= 11 is 7.03. The number of halogens is 1. The maximum Gasteiger partial charge on any atom is 0.322 e. The second kappa shape index (κ2) is 6.00. The van der Waals surface area contributed by atoms with Gasteiger partial charge in [0.05, 0.1) is 4.92 Å². The summed E-state index contributed by atoms with van der Waals surface area (Å²) in [5.41, 5.74) is 0.273. The fourth-order valence-corrected chi connectivity index (χ4v) is 2.53. The molecule has 16 heavy (non-hydrogen) atoms. The predicted octanol–water partition coefficient (Wildman–Crippen LogP) is 3.24. The van der Waals surface area contributed by atoms with Gasteiger partial charge in [0, 0.05) is 0 Å². The first-order chi connectivity index (χ1) is 7.56. The van der Waals surface area contributed by atoms with Gasteiger partial charge in [-0.25, -0.2) is 9.97 Å². The predicted molar refractivity (Wildman–Crippen MR) is 64.1 cm³/mol. The minimum absolute atomic E-state index is 0.0366. The normalized spacial score (nSPS) is 10.4. The highest BCUT2D eigenvalue weighted by atomic mass is 35.5. The molecule has 5 nitrogen and oxygen atoms in total. The van der Waals surface area contributed by atoms with Gasteiger partial charge in [-0.05, 0) is 30.7 Å². The first-order valence-electron chi connectivity index (χ1n) is 4.87. The average Bonchev–Trinajstić information content (AvgIpc) is 2.16. The number of aromatic nitrogens is 2. The van der Waals surface area contributed by atoms with E-state index in [1.54, 1.807) is 6.92 Å². The van der Waals surface area contributed by atoms with E-state index >= 15 is 0 Å². The molecule has 0 aliphatic rings. The van der Waals surface area contributed by atoms with Gasteiger partial charge in [0.1, 0.15) is 5.69 Å². The summed E-state index contributed by atoms with van der Waals surface area (Å²) in [5.74, 6) is 0.796. The van der Waals surface area contributed by atoms with Crippen LogP contribution in [-0.4, -0.2) is 20.6 Å². The van der Waals surface area contributed by atoms with Gasteiger partial charge in [0.2, 0.25) is 5.28 Å². The van der Waals surface area contributed by atoms with E-state index in [9.17, 15) is 10.1 Å². The van der Waals surface area contributed by atoms with E-state index in [1.165, 1.54) is 11.8 Å². The Balaban J connectivity index is 2.99. The Bertz CT molecular complexity index is 401. The molecule has 0 bridgehead atoms. The van der Waals surface area contributed by atoms with Gasteiger partial charge >= 0.3 is 5.69 Å². The quantitative estimate of drug-likeness (QED) is 0.203. The smallest absolute Gasteiger partial charge is 0.258 e. The molecule has 0 N–H and O–H groups in total. The Morgan fingerprint density at radius 3 is 2.75 bits per heavy atom. The van der Waals surface area contributed by atoms with Gasteiger partial charge in [0.25, 0.3) is 0 Å². The molecule has 0 spiro atoms. The summed E-state index contributed by atoms with van der Waals surface area (Å²) in [7, 11) is 0. The molecule has 0 aliphatic heterocycles. The van der Waals surface area contributed by atoms with E-state index in [0.717, 1.165) is 18.6 Å². The summed E-state index contributed by atoms with van der Waals surface area (Å²) in [6.45, 7) is 3.63. The first kappa shape index (κ1) is 13.2. The molecule has 0 saturated heterocycles. The van der Waals surface area contributed by atoms with Crippen molar-refractivity contribution in [2.24, 2.45) is 0 Å². The SMILES string of the molecule is CCCCSc1nc(Cl)nc(C)c1[N+](=O)[O-]. The number of nitro groups is 1. The van der Waals surface area contributed by atoms with E-state index in [1.807, 2.05) is 0 Å². The number of unbranched alkanes of at least 4 members (excludes halogenated alkanes) is 1. The molecular formula is C9H12ClN3O2S. The van der Waals surface area contributed by atoms with Crippen LogP contribution in [0.1, 0.15) is 25.5 Å². The maximum absolute atomic E-state index is 10.9. The van der Waals surface area contributed by atoms with Gasteiger partial charge in [-0.3, -0.25) is 10.1 Å². The molecule has 7 heteroatoms. The summed E-state index contributed by atoms with van der Waals surface area (Å²) < 4.78 is 0. The lowest BCUT2D eigenvalue weighted by Gasteiger charge is -2.03. The van der Waals surface area contributed by atoms with Crippen molar-refractivity contribution in [3.63, 3.8) is 0 Å². The third-order valence-electron chi connectivity index (χ3n) is 1.92. The first-order valence-corrected chi connectivity index (χ1v) is 6.24. The van der Waals surface area contributed by atoms with Crippen molar-refractivity contribution < 1.29 is 4.92 Å². The van der Waals surface area contributed by atoms with Crippen LogP contribution in [0.15, 0.2) is 5.03 Å². The second-order valence-electron chi connectivity index (χ2n) is 3.19. The van der Waals surface area contributed by atoms with Gasteiger partial charge in [-0.2, -0.15) is 0 Å². The molecule has 88 valence electrons. The third kappa shape index (κ3) is 3.31. The van der Waals surface area contributed by atoms with E-state index in [2.05, 4.69) is 16.9 Å². The standard InChI is InChI=1S/C9H12ClN3O2S/c1-3-4-5-16-8-7(13(14)15)6(2)11-9(10)12-8/h3-5H2,1-2H3. The summed E-state index contributed by atoms with van der Waals surface area (Å²) in [4.78, 5) is 18.1. The Labute approximate surface area is 103 Å². The van der Waals surface area contributed by atoms with Crippen molar-refractivity contribution in [3.05, 3.63) is 21.1 Å². The number of hydrogen-bond donors (Lipinski definition) is 0. The van der Waals surface area contributed by atoms with Gasteiger partial charge in [0.15, 0.2) is 5.03 Å². The van der Waals surface area contributed by atoms with Crippen LogP contribution in [0, 0.1) is 17.0 Å². The lowest BCUT2D eigenvalue weighted by molar-refractivity contribution is -0.389. The zero-order valence-corrected chi connectivity index (χ0v) is 10.6. The van der Waals surface area contributed by atoms with E-state index in [4.69, 9.17) is 11.6 Å². The fourth-order valence-electron chi connectivity index (χ4n) is 1.13. The minimum atomic E-state index is -0.458. The molecule has 0 radical (unpaired) electrons. The highest BCUT2D eigenvalue weighted by Gasteiger charge is 2.21. The van der Waals surface area contributed by atoms with E-state index in [-0.39, 0.29) is 11.0 Å². The van der Waals surface area contributed by atoms with Crippen LogP contribution in [0.25, 0.3) is 0 Å². The number of hydrogen-bond acceptors (Lipinski definition) is 5. The third-order valence-corrected chi connectivity index (χ3v) is 3.14. The van der Waals surface area contributed by atoms with Crippen LogP contribution in [0.4, 0.5) is 5.69 Å². The van der Waals surface area contributed by atoms with Crippen molar-refractivity contribution in [2.45, 2.75) is 31.7 Å². The molecule has 0 atom stereocenters. The maximum atomic E-state index is 10.9. The Morgan fingerprint density at radius 2 is 2.19 bits per heavy atom. The minimum Gasteiger partial charge on any atom is -0.258 e. The molecule has 0 aliphatic carbocycles. The number of aryl methyl sites for hydroxylation is 1. The lowest BCUT2D eigenvalue weighted by Crippen LogP contribution is -2.00. The van der Waals surface area contributed by atoms with Crippen LogP contribution in [0.2, 0.25) is 5.28 Å². The summed E-state index contributed by atoms with van der Waals surface area (Å²) in [5, 5.41) is 11.3. The zero-order valence-electron chi connectivity index (χ0n) is 9.07. The van der Waals surface area contributed by atoms with Crippen LogP contribution < -0.4 is 0 Å². The fraction of sp³-hybridized carbons (Fsp3) is 0.556. The highest BCUT2D eigenvalue weighted by Crippen LogP contribution is 2.30. The molecule has 0 aromatic carbocycles. The molecule has 0 fully saturated rings. The molecule has 1 heterocycles. The number of thioether (sulfide) groups is 1. The van der Waals surface area contributed by atoms with Crippen LogP contribution in [0.5, 0.6) is 0 Å². The molecule has 1 aromatic heterocycles. The van der Waals surface area contributed by atoms with Crippen LogP contribution in [-0.2, 0) is 0 Å². The zero-order chi connectivity index (χ0) is 12.1. The topological polar surface area (TPSA) is 68.9 Å². The van der Waals surface area contributed by atoms with Crippen molar-refractivity contribution in [2.75, 3.05) is 5.75 Å². The second-order valence-corrected chi connectivity index (χ2v) is 4.61. The average molecular weight is 262 g/mol. The van der Waals surface area contributed by atoms with Gasteiger partial charge in [-0.1, -0.05) is 25.1 Å². The van der Waals surface area contributed by atoms with Crippen molar-refractivity contribution in [3.8, 4) is 0 Å².